The van der Waals surface area contributed by atoms with Gasteiger partial charge in [-0.15, -0.1) is 0 Å². The van der Waals surface area contributed by atoms with Gasteiger partial charge in [-0.2, -0.15) is 0 Å². The van der Waals surface area contributed by atoms with Gasteiger partial charge in [-0.25, -0.2) is 0 Å². The van der Waals surface area contributed by atoms with Crippen molar-refractivity contribution in [3.8, 4) is 5.75 Å². The van der Waals surface area contributed by atoms with Gasteiger partial charge in [0.25, 0.3) is 5.69 Å². The van der Waals surface area contributed by atoms with E-state index < -0.39 is 10.5 Å². The molecule has 88 valence electrons. The molecule has 1 N–H and O–H groups in total. The van der Waals surface area contributed by atoms with Gasteiger partial charge >= 0.3 is 0 Å². The van der Waals surface area contributed by atoms with E-state index in [1.807, 2.05) is 13.8 Å². The number of aliphatic hydroxyl groups is 1. The average Bonchev–Trinajstić information content (AvgIpc) is 2.17. The first-order chi connectivity index (χ1) is 7.44. The molecule has 1 rings (SSSR count). The Labute approximate surface area is 93.8 Å². The molecule has 0 radical (unpaired) electrons. The van der Waals surface area contributed by atoms with Gasteiger partial charge in [-0.3, -0.25) is 10.1 Å². The highest BCUT2D eigenvalue weighted by Gasteiger charge is 2.19. The molecule has 1 aromatic carbocycles. The standard InChI is InChI=1S/C11H15NO4/c1-11(2,7-8-13)16-10-5-3-9(4-6-10)12(14)15/h3-6,13H,7-8H2,1-2H3. The van der Waals surface area contributed by atoms with Crippen molar-refractivity contribution >= 4 is 5.69 Å². The molecule has 0 spiro atoms. The second kappa shape index (κ2) is 4.94. The van der Waals surface area contributed by atoms with E-state index in [2.05, 4.69) is 0 Å². The molecule has 0 amide bonds. The third-order valence-electron chi connectivity index (χ3n) is 2.16. The zero-order valence-corrected chi connectivity index (χ0v) is 9.34. The predicted octanol–water partition coefficient (Wildman–Crippen LogP) is 2.13. The molecule has 1 aromatic rings. The van der Waals surface area contributed by atoms with Crippen LogP contribution in [0, 0.1) is 10.1 Å². The summed E-state index contributed by atoms with van der Waals surface area (Å²) in [6.07, 6.45) is 0.504. The Kier molecular flexibility index (Phi) is 3.84. The van der Waals surface area contributed by atoms with Gasteiger partial charge in [-0.05, 0) is 26.0 Å². The Morgan fingerprint density at radius 3 is 2.38 bits per heavy atom. The number of rotatable bonds is 5. The lowest BCUT2D eigenvalue weighted by Crippen LogP contribution is -2.29. The van der Waals surface area contributed by atoms with Gasteiger partial charge in [0.1, 0.15) is 11.4 Å². The number of aliphatic hydroxyl groups excluding tert-OH is 1. The summed E-state index contributed by atoms with van der Waals surface area (Å²) < 4.78 is 5.59. The molecule has 0 unspecified atom stereocenters. The summed E-state index contributed by atoms with van der Waals surface area (Å²) in [5, 5.41) is 19.3. The molecular formula is C11H15NO4. The van der Waals surface area contributed by atoms with Gasteiger partial charge in [-0.1, -0.05) is 0 Å². The van der Waals surface area contributed by atoms with Gasteiger partial charge < -0.3 is 9.84 Å². The Morgan fingerprint density at radius 1 is 1.38 bits per heavy atom. The van der Waals surface area contributed by atoms with Crippen LogP contribution in [-0.4, -0.2) is 22.2 Å². The highest BCUT2D eigenvalue weighted by Crippen LogP contribution is 2.23. The first-order valence-corrected chi connectivity index (χ1v) is 4.99. The number of nitro groups is 1. The summed E-state index contributed by atoms with van der Waals surface area (Å²) >= 11 is 0. The predicted molar refractivity (Wildman–Crippen MR) is 59.5 cm³/mol. The summed E-state index contributed by atoms with van der Waals surface area (Å²) in [4.78, 5) is 9.98. The van der Waals surface area contributed by atoms with Crippen LogP contribution in [0.4, 0.5) is 5.69 Å². The van der Waals surface area contributed by atoms with Crippen LogP contribution in [0.3, 0.4) is 0 Å². The normalized spacial score (nSPS) is 11.2. The maximum absolute atomic E-state index is 10.4. The van der Waals surface area contributed by atoms with Crippen molar-refractivity contribution in [2.45, 2.75) is 25.9 Å². The molecule has 0 fully saturated rings. The number of benzene rings is 1. The Morgan fingerprint density at radius 2 is 1.94 bits per heavy atom. The van der Waals surface area contributed by atoms with Crippen LogP contribution in [-0.2, 0) is 0 Å². The molecule has 0 aliphatic carbocycles. The van der Waals surface area contributed by atoms with E-state index in [1.165, 1.54) is 12.1 Å². The zero-order chi connectivity index (χ0) is 12.2. The van der Waals surface area contributed by atoms with E-state index in [0.29, 0.717) is 12.2 Å². The smallest absolute Gasteiger partial charge is 0.269 e. The summed E-state index contributed by atoms with van der Waals surface area (Å²) in [6, 6.07) is 5.89. The fourth-order valence-electron chi connectivity index (χ4n) is 1.28. The van der Waals surface area contributed by atoms with Crippen molar-refractivity contribution in [2.24, 2.45) is 0 Å². The van der Waals surface area contributed by atoms with Gasteiger partial charge in [0.15, 0.2) is 0 Å². The number of nitrogens with zero attached hydrogens (tertiary/aromatic N) is 1. The fraction of sp³-hybridized carbons (Fsp3) is 0.455. The molecule has 0 aliphatic heterocycles. The molecule has 0 atom stereocenters. The highest BCUT2D eigenvalue weighted by molar-refractivity contribution is 5.36. The summed E-state index contributed by atoms with van der Waals surface area (Å²) in [5.41, 5.74) is -0.447. The zero-order valence-electron chi connectivity index (χ0n) is 9.34. The van der Waals surface area contributed by atoms with Crippen LogP contribution in [0.2, 0.25) is 0 Å². The summed E-state index contributed by atoms with van der Waals surface area (Å²) in [7, 11) is 0. The van der Waals surface area contributed by atoms with Gasteiger partial charge in [0.05, 0.1) is 4.92 Å². The minimum absolute atomic E-state index is 0.0346. The third kappa shape index (κ3) is 3.51. The minimum Gasteiger partial charge on any atom is -0.488 e. The van der Waals surface area contributed by atoms with E-state index in [4.69, 9.17) is 9.84 Å². The molecule has 0 heterocycles. The number of nitro benzene ring substituents is 1. The van der Waals surface area contributed by atoms with E-state index >= 15 is 0 Å². The summed E-state index contributed by atoms with van der Waals surface area (Å²) in [6.45, 7) is 3.75. The van der Waals surface area contributed by atoms with Crippen molar-refractivity contribution in [1.29, 1.82) is 0 Å². The highest BCUT2D eigenvalue weighted by atomic mass is 16.6. The maximum Gasteiger partial charge on any atom is 0.269 e. The van der Waals surface area contributed by atoms with Crippen molar-refractivity contribution in [2.75, 3.05) is 6.61 Å². The topological polar surface area (TPSA) is 72.6 Å². The van der Waals surface area contributed by atoms with E-state index in [0.717, 1.165) is 0 Å². The molecule has 5 heteroatoms. The van der Waals surface area contributed by atoms with Crippen molar-refractivity contribution in [3.63, 3.8) is 0 Å². The molecule has 16 heavy (non-hydrogen) atoms. The lowest BCUT2D eigenvalue weighted by Gasteiger charge is -2.25. The quantitative estimate of drug-likeness (QED) is 0.615. The lowest BCUT2D eigenvalue weighted by molar-refractivity contribution is -0.384. The second-order valence-corrected chi connectivity index (χ2v) is 4.09. The molecule has 0 aliphatic rings. The fourth-order valence-corrected chi connectivity index (χ4v) is 1.28. The molecule has 0 aromatic heterocycles. The van der Waals surface area contributed by atoms with Crippen molar-refractivity contribution < 1.29 is 14.8 Å². The van der Waals surface area contributed by atoms with Crippen LogP contribution >= 0.6 is 0 Å². The number of ether oxygens (including phenoxy) is 1. The largest absolute Gasteiger partial charge is 0.488 e. The maximum atomic E-state index is 10.4. The van der Waals surface area contributed by atoms with E-state index in [9.17, 15) is 10.1 Å². The molecule has 0 saturated carbocycles. The second-order valence-electron chi connectivity index (χ2n) is 4.09. The molecule has 5 nitrogen and oxygen atoms in total. The number of non-ortho nitro benzene ring substituents is 1. The van der Waals surface area contributed by atoms with Gasteiger partial charge in [0.2, 0.25) is 0 Å². The molecule has 0 bridgehead atoms. The van der Waals surface area contributed by atoms with E-state index in [1.54, 1.807) is 12.1 Å². The number of hydrogen-bond acceptors (Lipinski definition) is 4. The van der Waals surface area contributed by atoms with Crippen LogP contribution < -0.4 is 4.74 Å². The SMILES string of the molecule is CC(C)(CCO)Oc1ccc([N+](=O)[O-])cc1. The molecular weight excluding hydrogens is 210 g/mol. The Balaban J connectivity index is 2.72. The van der Waals surface area contributed by atoms with E-state index in [-0.39, 0.29) is 12.3 Å². The van der Waals surface area contributed by atoms with Gasteiger partial charge in [0, 0.05) is 25.2 Å². The van der Waals surface area contributed by atoms with Crippen molar-refractivity contribution in [3.05, 3.63) is 34.4 Å². The number of hydrogen-bond donors (Lipinski definition) is 1. The first kappa shape index (κ1) is 12.4. The Hall–Kier alpha value is -1.62. The lowest BCUT2D eigenvalue weighted by atomic mass is 10.1. The van der Waals surface area contributed by atoms with Crippen LogP contribution in [0.5, 0.6) is 5.75 Å². The average molecular weight is 225 g/mol. The summed E-state index contributed by atoms with van der Waals surface area (Å²) in [5.74, 6) is 0.559. The minimum atomic E-state index is -0.481. The Bertz CT molecular complexity index is 359. The van der Waals surface area contributed by atoms with Crippen molar-refractivity contribution in [1.82, 2.24) is 0 Å². The van der Waals surface area contributed by atoms with Crippen LogP contribution in [0.25, 0.3) is 0 Å². The monoisotopic (exact) mass is 225 g/mol. The van der Waals surface area contributed by atoms with Crippen LogP contribution in [0.15, 0.2) is 24.3 Å². The molecule has 0 saturated heterocycles. The first-order valence-electron chi connectivity index (χ1n) is 4.99. The van der Waals surface area contributed by atoms with Crippen LogP contribution in [0.1, 0.15) is 20.3 Å². The third-order valence-corrected chi connectivity index (χ3v) is 2.16.